The van der Waals surface area contributed by atoms with Crippen LogP contribution in [0.25, 0.3) is 0 Å². The van der Waals surface area contributed by atoms with Crippen molar-refractivity contribution in [3.8, 4) is 0 Å². The van der Waals surface area contributed by atoms with Crippen molar-refractivity contribution in [3.63, 3.8) is 0 Å². The molecule has 2 rings (SSSR count). The average Bonchev–Trinajstić information content (AvgIpc) is 2.62. The molecule has 0 radical (unpaired) electrons. The fourth-order valence-corrected chi connectivity index (χ4v) is 1.77. The minimum atomic E-state index is 0.724. The van der Waals surface area contributed by atoms with Gasteiger partial charge in [0.05, 0.1) is 6.54 Å². The molecule has 1 aliphatic rings. The van der Waals surface area contributed by atoms with Crippen molar-refractivity contribution in [1.82, 2.24) is 10.5 Å². The van der Waals surface area contributed by atoms with Gasteiger partial charge < -0.3 is 15.2 Å². The van der Waals surface area contributed by atoms with Gasteiger partial charge in [-0.1, -0.05) is 19.0 Å². The lowest BCUT2D eigenvalue weighted by atomic mass is 10.1. The molecule has 15 heavy (non-hydrogen) atoms. The van der Waals surface area contributed by atoms with Gasteiger partial charge >= 0.3 is 0 Å². The van der Waals surface area contributed by atoms with Gasteiger partial charge in [0.2, 0.25) is 0 Å². The number of nitrogens with one attached hydrogen (secondary N) is 2. The summed E-state index contributed by atoms with van der Waals surface area (Å²) < 4.78 is 5.27. The van der Waals surface area contributed by atoms with E-state index in [-0.39, 0.29) is 0 Å². The molecule has 0 aromatic carbocycles. The second kappa shape index (κ2) is 4.66. The lowest BCUT2D eigenvalue weighted by Gasteiger charge is -2.12. The Morgan fingerprint density at radius 1 is 1.53 bits per heavy atom. The van der Waals surface area contributed by atoms with Crippen LogP contribution in [0.15, 0.2) is 4.52 Å². The molecule has 1 aromatic rings. The summed E-state index contributed by atoms with van der Waals surface area (Å²) in [5, 5.41) is 10.7. The van der Waals surface area contributed by atoms with E-state index < -0.39 is 0 Å². The minimum absolute atomic E-state index is 0.724. The van der Waals surface area contributed by atoms with Gasteiger partial charge in [0, 0.05) is 12.1 Å². The van der Waals surface area contributed by atoms with Crippen molar-refractivity contribution < 1.29 is 4.52 Å². The first-order chi connectivity index (χ1) is 7.27. The molecule has 4 nitrogen and oxygen atoms in total. The molecule has 0 atom stereocenters. The molecule has 1 aliphatic heterocycles. The second-order valence-electron chi connectivity index (χ2n) is 4.47. The quantitative estimate of drug-likeness (QED) is 0.793. The van der Waals surface area contributed by atoms with Crippen LogP contribution in [0.2, 0.25) is 0 Å². The molecule has 2 N–H and O–H groups in total. The highest BCUT2D eigenvalue weighted by atomic mass is 16.5. The van der Waals surface area contributed by atoms with E-state index in [1.807, 2.05) is 0 Å². The third-order valence-electron chi connectivity index (χ3n) is 2.72. The summed E-state index contributed by atoms with van der Waals surface area (Å²) in [7, 11) is 0. The van der Waals surface area contributed by atoms with Crippen LogP contribution in [0.5, 0.6) is 0 Å². The Morgan fingerprint density at radius 3 is 3.20 bits per heavy atom. The molecule has 0 fully saturated rings. The number of anilines is 1. The first kappa shape index (κ1) is 10.5. The molecular formula is C11H19N3O. The number of hydrogen-bond acceptors (Lipinski definition) is 4. The molecule has 84 valence electrons. The van der Waals surface area contributed by atoms with Gasteiger partial charge in [-0.3, -0.25) is 0 Å². The van der Waals surface area contributed by atoms with Crippen molar-refractivity contribution in [2.45, 2.75) is 33.2 Å². The Kier molecular flexibility index (Phi) is 3.26. The normalized spacial score (nSPS) is 15.4. The van der Waals surface area contributed by atoms with Crippen LogP contribution < -0.4 is 10.6 Å². The predicted octanol–water partition coefficient (Wildman–Crippen LogP) is 1.78. The van der Waals surface area contributed by atoms with Gasteiger partial charge in [-0.15, -0.1) is 0 Å². The molecule has 0 unspecified atom stereocenters. The Bertz CT molecular complexity index is 320. The summed E-state index contributed by atoms with van der Waals surface area (Å²) in [6.45, 7) is 7.26. The van der Waals surface area contributed by atoms with Crippen LogP contribution >= 0.6 is 0 Å². The first-order valence-corrected chi connectivity index (χ1v) is 5.69. The number of aromatic nitrogens is 1. The van der Waals surface area contributed by atoms with Crippen molar-refractivity contribution in [1.29, 1.82) is 0 Å². The zero-order valence-corrected chi connectivity index (χ0v) is 9.47. The standard InChI is InChI=1S/C11H19N3O/c1-8(2)3-6-13-11-9-4-5-12-7-10(9)15-14-11/h8,12H,3-7H2,1-2H3,(H,13,14). The van der Waals surface area contributed by atoms with E-state index >= 15 is 0 Å². The topological polar surface area (TPSA) is 50.1 Å². The van der Waals surface area contributed by atoms with Crippen LogP contribution in [0, 0.1) is 5.92 Å². The largest absolute Gasteiger partial charge is 0.367 e. The van der Waals surface area contributed by atoms with E-state index in [9.17, 15) is 0 Å². The SMILES string of the molecule is CC(C)CCNc1noc2c1CCNC2. The van der Waals surface area contributed by atoms with Crippen molar-refractivity contribution in [2.24, 2.45) is 5.92 Å². The number of fused-ring (bicyclic) bond motifs is 1. The van der Waals surface area contributed by atoms with Crippen LogP contribution in [-0.4, -0.2) is 18.2 Å². The highest BCUT2D eigenvalue weighted by Gasteiger charge is 2.18. The molecule has 0 saturated heterocycles. The summed E-state index contributed by atoms with van der Waals surface area (Å²) in [4.78, 5) is 0. The summed E-state index contributed by atoms with van der Waals surface area (Å²) in [6.07, 6.45) is 2.18. The third kappa shape index (κ3) is 2.50. The van der Waals surface area contributed by atoms with E-state index in [0.717, 1.165) is 43.6 Å². The average molecular weight is 209 g/mol. The highest BCUT2D eigenvalue weighted by molar-refractivity contribution is 5.46. The lowest BCUT2D eigenvalue weighted by Crippen LogP contribution is -2.23. The fraction of sp³-hybridized carbons (Fsp3) is 0.727. The Morgan fingerprint density at radius 2 is 2.40 bits per heavy atom. The number of hydrogen-bond donors (Lipinski definition) is 2. The Balaban J connectivity index is 1.94. The zero-order chi connectivity index (χ0) is 10.7. The van der Waals surface area contributed by atoms with E-state index in [0.29, 0.717) is 0 Å². The molecule has 1 aromatic heterocycles. The van der Waals surface area contributed by atoms with Crippen molar-refractivity contribution in [2.75, 3.05) is 18.4 Å². The Labute approximate surface area is 90.4 Å². The second-order valence-corrected chi connectivity index (χ2v) is 4.47. The molecule has 4 heteroatoms. The van der Waals surface area contributed by atoms with E-state index in [1.165, 1.54) is 12.0 Å². The highest BCUT2D eigenvalue weighted by Crippen LogP contribution is 2.22. The summed E-state index contributed by atoms with van der Waals surface area (Å²) in [5.41, 5.74) is 1.26. The predicted molar refractivity (Wildman–Crippen MR) is 59.9 cm³/mol. The molecule has 0 saturated carbocycles. The summed E-state index contributed by atoms with van der Waals surface area (Å²) >= 11 is 0. The van der Waals surface area contributed by atoms with Crippen LogP contribution in [0.1, 0.15) is 31.6 Å². The van der Waals surface area contributed by atoms with Gasteiger partial charge in [-0.2, -0.15) is 0 Å². The van der Waals surface area contributed by atoms with E-state index in [4.69, 9.17) is 4.52 Å². The maximum atomic E-state index is 5.27. The number of rotatable bonds is 4. The maximum absolute atomic E-state index is 5.27. The van der Waals surface area contributed by atoms with Crippen molar-refractivity contribution in [3.05, 3.63) is 11.3 Å². The number of nitrogens with zero attached hydrogens (tertiary/aromatic N) is 1. The fourth-order valence-electron chi connectivity index (χ4n) is 1.77. The van der Waals surface area contributed by atoms with Gasteiger partial charge in [0.25, 0.3) is 0 Å². The van der Waals surface area contributed by atoms with E-state index in [2.05, 4.69) is 29.6 Å². The van der Waals surface area contributed by atoms with Crippen LogP contribution in [0.4, 0.5) is 5.82 Å². The Hall–Kier alpha value is -1.03. The molecule has 0 amide bonds. The molecule has 0 bridgehead atoms. The third-order valence-corrected chi connectivity index (χ3v) is 2.72. The lowest BCUT2D eigenvalue weighted by molar-refractivity contribution is 0.367. The summed E-state index contributed by atoms with van der Waals surface area (Å²) in [6, 6.07) is 0. The van der Waals surface area contributed by atoms with Crippen molar-refractivity contribution >= 4 is 5.82 Å². The monoisotopic (exact) mass is 209 g/mol. The smallest absolute Gasteiger partial charge is 0.172 e. The van der Waals surface area contributed by atoms with Gasteiger partial charge in [0.1, 0.15) is 0 Å². The molecule has 2 heterocycles. The summed E-state index contributed by atoms with van der Waals surface area (Å²) in [5.74, 6) is 2.67. The van der Waals surface area contributed by atoms with Crippen LogP contribution in [-0.2, 0) is 13.0 Å². The minimum Gasteiger partial charge on any atom is -0.367 e. The zero-order valence-electron chi connectivity index (χ0n) is 9.47. The van der Waals surface area contributed by atoms with Gasteiger partial charge in [-0.05, 0) is 25.3 Å². The molecule has 0 aliphatic carbocycles. The first-order valence-electron chi connectivity index (χ1n) is 5.69. The van der Waals surface area contributed by atoms with E-state index in [1.54, 1.807) is 0 Å². The van der Waals surface area contributed by atoms with Gasteiger partial charge in [0.15, 0.2) is 11.6 Å². The van der Waals surface area contributed by atoms with Gasteiger partial charge in [-0.25, -0.2) is 0 Å². The van der Waals surface area contributed by atoms with Crippen LogP contribution in [0.3, 0.4) is 0 Å². The molecular weight excluding hydrogens is 190 g/mol. The maximum Gasteiger partial charge on any atom is 0.172 e. The molecule has 0 spiro atoms.